The molecule has 6 heteroatoms. The smallest absolute Gasteiger partial charge is 0.167 e. The third kappa shape index (κ3) is 4.58. The van der Waals surface area contributed by atoms with E-state index in [4.69, 9.17) is 23.8 Å². The number of para-hydroxylation sites is 2. The summed E-state index contributed by atoms with van der Waals surface area (Å²) in [7, 11) is 0. The van der Waals surface area contributed by atoms with E-state index in [1.807, 2.05) is 103 Å². The maximum atomic E-state index is 6.69. The van der Waals surface area contributed by atoms with Gasteiger partial charge in [0.1, 0.15) is 22.3 Å². The number of rotatable bonds is 5. The Kier molecular flexibility index (Phi) is 6.39. The average molecular weight is 643 g/mol. The summed E-state index contributed by atoms with van der Waals surface area (Å²) in [4.78, 5) is 19.6. The lowest BCUT2D eigenvalue weighted by Crippen LogP contribution is -2.01. The van der Waals surface area contributed by atoms with Gasteiger partial charge in [0.2, 0.25) is 0 Å². The molecule has 0 fully saturated rings. The van der Waals surface area contributed by atoms with Crippen molar-refractivity contribution in [2.24, 2.45) is 0 Å². The van der Waals surface area contributed by atoms with Crippen LogP contribution in [0.5, 0.6) is 0 Å². The Labute approximate surface area is 286 Å². The van der Waals surface area contributed by atoms with Crippen LogP contribution in [-0.2, 0) is 0 Å². The number of fused-ring (bicyclic) bond motifs is 6. The Hall–Kier alpha value is -6.92. The molecule has 0 saturated heterocycles. The van der Waals surface area contributed by atoms with E-state index in [-0.39, 0.29) is 0 Å². The van der Waals surface area contributed by atoms with Gasteiger partial charge in [-0.05, 0) is 53.1 Å². The summed E-state index contributed by atoms with van der Waals surface area (Å²) >= 11 is 0. The Morgan fingerprint density at radius 3 is 1.84 bits per heavy atom. The minimum absolute atomic E-state index is 0.526. The molecule has 4 heterocycles. The van der Waals surface area contributed by atoms with Gasteiger partial charge < -0.3 is 8.83 Å². The maximum absolute atomic E-state index is 6.69. The first-order valence-corrected chi connectivity index (χ1v) is 16.5. The molecule has 0 radical (unpaired) electrons. The van der Waals surface area contributed by atoms with E-state index in [9.17, 15) is 0 Å². The van der Waals surface area contributed by atoms with Crippen LogP contribution in [0, 0.1) is 0 Å². The van der Waals surface area contributed by atoms with Crippen LogP contribution in [0.3, 0.4) is 0 Å². The Bertz CT molecular complexity index is 2880. The van der Waals surface area contributed by atoms with E-state index in [1.165, 1.54) is 0 Å². The van der Waals surface area contributed by atoms with Gasteiger partial charge >= 0.3 is 0 Å². The van der Waals surface area contributed by atoms with Crippen LogP contribution in [0.4, 0.5) is 0 Å². The standard InChI is InChI=1S/C44H26N4O2/c1-2-11-27(12-3-1)42-46-43(34-16-5-4-14-30(34)29-13-10-24-45-26-29)48-44(47-42)36-23-22-31(40-35-17-7-9-19-38(35)50-41(36)40)28-20-21-33-32-15-6-8-18-37(32)49-39(33)25-28/h1-26H. The van der Waals surface area contributed by atoms with E-state index < -0.39 is 0 Å². The van der Waals surface area contributed by atoms with Crippen molar-refractivity contribution < 1.29 is 8.83 Å². The zero-order valence-corrected chi connectivity index (χ0v) is 26.6. The van der Waals surface area contributed by atoms with Crippen LogP contribution in [-0.4, -0.2) is 19.9 Å². The zero-order chi connectivity index (χ0) is 33.0. The molecule has 0 N–H and O–H groups in total. The second kappa shape index (κ2) is 11.4. The van der Waals surface area contributed by atoms with Crippen molar-refractivity contribution in [3.63, 3.8) is 0 Å². The third-order valence-electron chi connectivity index (χ3n) is 9.26. The molecule has 0 atom stereocenters. The van der Waals surface area contributed by atoms with Gasteiger partial charge in [0.05, 0.1) is 5.56 Å². The molecule has 0 amide bonds. The predicted octanol–water partition coefficient (Wildman–Crippen LogP) is 11.4. The normalized spacial score (nSPS) is 11.6. The first-order chi connectivity index (χ1) is 24.8. The molecule has 6 aromatic carbocycles. The Balaban J connectivity index is 1.22. The second-order valence-electron chi connectivity index (χ2n) is 12.2. The van der Waals surface area contributed by atoms with Gasteiger partial charge in [0, 0.05) is 50.6 Å². The fraction of sp³-hybridized carbons (Fsp3) is 0. The molecule has 10 rings (SSSR count). The zero-order valence-electron chi connectivity index (χ0n) is 26.6. The maximum Gasteiger partial charge on any atom is 0.167 e. The van der Waals surface area contributed by atoms with E-state index >= 15 is 0 Å². The molecule has 4 aromatic heterocycles. The van der Waals surface area contributed by atoms with Crippen LogP contribution >= 0.6 is 0 Å². The van der Waals surface area contributed by atoms with Crippen LogP contribution < -0.4 is 0 Å². The minimum Gasteiger partial charge on any atom is -0.456 e. The summed E-state index contributed by atoms with van der Waals surface area (Å²) in [6, 6.07) is 49.0. The average Bonchev–Trinajstić information content (AvgIpc) is 3.77. The summed E-state index contributed by atoms with van der Waals surface area (Å²) < 4.78 is 13.0. The lowest BCUT2D eigenvalue weighted by molar-refractivity contribution is 0.668. The van der Waals surface area contributed by atoms with Gasteiger partial charge in [-0.15, -0.1) is 0 Å². The molecule has 0 unspecified atom stereocenters. The van der Waals surface area contributed by atoms with Gasteiger partial charge in [-0.25, -0.2) is 15.0 Å². The quantitative estimate of drug-likeness (QED) is 0.186. The monoisotopic (exact) mass is 642 g/mol. The van der Waals surface area contributed by atoms with Gasteiger partial charge in [0.15, 0.2) is 17.5 Å². The highest BCUT2D eigenvalue weighted by Gasteiger charge is 2.22. The third-order valence-corrected chi connectivity index (χ3v) is 9.26. The molecule has 0 aliphatic heterocycles. The van der Waals surface area contributed by atoms with Crippen molar-refractivity contribution in [3.8, 4) is 56.4 Å². The molecule has 50 heavy (non-hydrogen) atoms. The van der Waals surface area contributed by atoms with E-state index in [1.54, 1.807) is 6.20 Å². The highest BCUT2D eigenvalue weighted by atomic mass is 16.3. The first kappa shape index (κ1) is 28.1. The topological polar surface area (TPSA) is 77.8 Å². The number of hydrogen-bond donors (Lipinski definition) is 0. The number of hydrogen-bond acceptors (Lipinski definition) is 6. The van der Waals surface area contributed by atoms with Gasteiger partial charge in [-0.1, -0.05) is 109 Å². The van der Waals surface area contributed by atoms with E-state index in [0.717, 1.165) is 77.2 Å². The van der Waals surface area contributed by atoms with Gasteiger partial charge in [0.25, 0.3) is 0 Å². The SMILES string of the molecule is c1ccc(-c2nc(-c3ccccc3-c3cccnc3)nc(-c3ccc(-c4ccc5c(c4)oc4ccccc45)c4c3oc3ccccc34)n2)cc1. The fourth-order valence-electron chi connectivity index (χ4n) is 6.92. The lowest BCUT2D eigenvalue weighted by Gasteiger charge is -2.12. The Morgan fingerprint density at radius 1 is 0.380 bits per heavy atom. The first-order valence-electron chi connectivity index (χ1n) is 16.5. The Morgan fingerprint density at radius 2 is 1.02 bits per heavy atom. The van der Waals surface area contributed by atoms with Gasteiger partial charge in [-0.2, -0.15) is 0 Å². The molecule has 234 valence electrons. The van der Waals surface area contributed by atoms with E-state index in [0.29, 0.717) is 23.1 Å². The summed E-state index contributed by atoms with van der Waals surface area (Å²) in [6.45, 7) is 0. The second-order valence-corrected chi connectivity index (χ2v) is 12.2. The van der Waals surface area contributed by atoms with Crippen molar-refractivity contribution in [1.29, 1.82) is 0 Å². The molecule has 6 nitrogen and oxygen atoms in total. The van der Waals surface area contributed by atoms with Crippen molar-refractivity contribution in [1.82, 2.24) is 19.9 Å². The van der Waals surface area contributed by atoms with E-state index in [2.05, 4.69) is 53.5 Å². The molecule has 0 aliphatic carbocycles. The molecular formula is C44H26N4O2. The molecule has 0 aliphatic rings. The molecule has 10 aromatic rings. The minimum atomic E-state index is 0.526. The number of aromatic nitrogens is 4. The lowest BCUT2D eigenvalue weighted by atomic mass is 9.96. The summed E-state index contributed by atoms with van der Waals surface area (Å²) in [5.74, 6) is 1.67. The highest BCUT2D eigenvalue weighted by Crippen LogP contribution is 2.43. The van der Waals surface area contributed by atoms with Crippen molar-refractivity contribution in [2.75, 3.05) is 0 Å². The summed E-state index contributed by atoms with van der Waals surface area (Å²) in [5.41, 5.74) is 9.83. The van der Waals surface area contributed by atoms with Crippen LogP contribution in [0.25, 0.3) is 100 Å². The largest absolute Gasteiger partial charge is 0.456 e. The molecular weight excluding hydrogens is 617 g/mol. The number of furan rings is 2. The number of pyridine rings is 1. The number of benzene rings is 6. The summed E-state index contributed by atoms with van der Waals surface area (Å²) in [6.07, 6.45) is 3.63. The van der Waals surface area contributed by atoms with Crippen LogP contribution in [0.1, 0.15) is 0 Å². The molecule has 0 spiro atoms. The van der Waals surface area contributed by atoms with Crippen LogP contribution in [0.15, 0.2) is 167 Å². The fourth-order valence-corrected chi connectivity index (χ4v) is 6.92. The predicted molar refractivity (Wildman–Crippen MR) is 199 cm³/mol. The number of nitrogens with zero attached hydrogens (tertiary/aromatic N) is 4. The summed E-state index contributed by atoms with van der Waals surface area (Å²) in [5, 5.41) is 4.20. The van der Waals surface area contributed by atoms with Crippen molar-refractivity contribution >= 4 is 43.9 Å². The van der Waals surface area contributed by atoms with Gasteiger partial charge in [-0.3, -0.25) is 4.98 Å². The molecule has 0 bridgehead atoms. The molecule has 0 saturated carbocycles. The van der Waals surface area contributed by atoms with Crippen molar-refractivity contribution in [3.05, 3.63) is 158 Å². The highest BCUT2D eigenvalue weighted by molar-refractivity contribution is 6.16. The van der Waals surface area contributed by atoms with Crippen molar-refractivity contribution in [2.45, 2.75) is 0 Å². The van der Waals surface area contributed by atoms with Crippen LogP contribution in [0.2, 0.25) is 0 Å².